The lowest BCUT2D eigenvalue weighted by Crippen LogP contribution is -2.36. The van der Waals surface area contributed by atoms with Crippen molar-refractivity contribution < 1.29 is 9.53 Å². The van der Waals surface area contributed by atoms with E-state index in [0.29, 0.717) is 36.7 Å². The van der Waals surface area contributed by atoms with Gasteiger partial charge in [-0.3, -0.25) is 0 Å². The summed E-state index contributed by atoms with van der Waals surface area (Å²) in [5.74, 6) is 0.657. The Kier molecular flexibility index (Phi) is 4.96. The first kappa shape index (κ1) is 19.6. The van der Waals surface area contributed by atoms with Gasteiger partial charge in [0.2, 0.25) is 0 Å². The van der Waals surface area contributed by atoms with Gasteiger partial charge in [-0.25, -0.2) is 9.78 Å². The molecule has 2 aromatic heterocycles. The van der Waals surface area contributed by atoms with Crippen LogP contribution in [0.4, 0.5) is 10.5 Å². The maximum atomic E-state index is 13.1. The lowest BCUT2D eigenvalue weighted by atomic mass is 10.0. The van der Waals surface area contributed by atoms with Gasteiger partial charge >= 0.3 is 6.03 Å². The van der Waals surface area contributed by atoms with Gasteiger partial charge in [-0.1, -0.05) is 12.1 Å². The number of urea groups is 1. The van der Waals surface area contributed by atoms with Crippen LogP contribution in [0.2, 0.25) is 0 Å². The van der Waals surface area contributed by atoms with Crippen molar-refractivity contribution in [3.63, 3.8) is 0 Å². The molecule has 3 heterocycles. The third kappa shape index (κ3) is 3.63. The molecule has 32 heavy (non-hydrogen) atoms. The molecule has 0 saturated carbocycles. The Morgan fingerprint density at radius 1 is 1.22 bits per heavy atom. The topological polar surface area (TPSA) is 82.7 Å². The van der Waals surface area contributed by atoms with Crippen LogP contribution in [0.5, 0.6) is 5.75 Å². The number of carbonyl (C=O) groups is 1. The minimum absolute atomic E-state index is 0.233. The van der Waals surface area contributed by atoms with Gasteiger partial charge < -0.3 is 19.4 Å². The average molecular weight is 423 g/mol. The summed E-state index contributed by atoms with van der Waals surface area (Å²) >= 11 is 0. The molecule has 0 bridgehead atoms. The number of nitrogens with zero attached hydrogens (tertiary/aromatic N) is 4. The van der Waals surface area contributed by atoms with E-state index in [9.17, 15) is 10.1 Å². The Hall–Kier alpha value is -4.31. The normalized spacial score (nSPS) is 13.1. The van der Waals surface area contributed by atoms with Crippen molar-refractivity contribution in [1.29, 1.82) is 5.26 Å². The number of hydrogen-bond acceptors (Lipinski definition) is 4. The first-order valence-electron chi connectivity index (χ1n) is 10.4. The highest BCUT2D eigenvalue weighted by molar-refractivity contribution is 5.90. The van der Waals surface area contributed by atoms with Crippen LogP contribution in [-0.2, 0) is 6.54 Å². The van der Waals surface area contributed by atoms with Crippen LogP contribution < -0.4 is 10.1 Å². The summed E-state index contributed by atoms with van der Waals surface area (Å²) in [6.45, 7) is 3.15. The number of amides is 2. The number of carbonyl (C=O) groups excluding carboxylic acids is 1. The minimum atomic E-state index is -0.233. The van der Waals surface area contributed by atoms with Gasteiger partial charge in [-0.05, 0) is 54.4 Å². The van der Waals surface area contributed by atoms with Crippen molar-refractivity contribution in [2.75, 3.05) is 18.5 Å². The molecule has 2 aromatic carbocycles. The number of anilines is 1. The fourth-order valence-corrected chi connectivity index (χ4v) is 3.95. The zero-order chi connectivity index (χ0) is 22.1. The molecular formula is C25H21N5O2. The minimum Gasteiger partial charge on any atom is -0.491 e. The molecule has 1 aliphatic heterocycles. The van der Waals surface area contributed by atoms with Crippen molar-refractivity contribution in [3.8, 4) is 22.9 Å². The van der Waals surface area contributed by atoms with E-state index in [-0.39, 0.29) is 6.03 Å². The molecule has 5 rings (SSSR count). The third-order valence-electron chi connectivity index (χ3n) is 5.68. The van der Waals surface area contributed by atoms with Gasteiger partial charge in [0.05, 0.1) is 24.7 Å². The summed E-state index contributed by atoms with van der Waals surface area (Å²) in [7, 11) is 0. The van der Waals surface area contributed by atoms with Gasteiger partial charge in [0.15, 0.2) is 0 Å². The molecule has 0 radical (unpaired) electrons. The largest absolute Gasteiger partial charge is 0.491 e. The van der Waals surface area contributed by atoms with Crippen molar-refractivity contribution >= 4 is 17.4 Å². The Morgan fingerprint density at radius 2 is 2.12 bits per heavy atom. The summed E-state index contributed by atoms with van der Waals surface area (Å²) in [6.07, 6.45) is 5.83. The summed E-state index contributed by atoms with van der Waals surface area (Å²) < 4.78 is 7.73. The number of benzene rings is 2. The number of rotatable bonds is 2. The van der Waals surface area contributed by atoms with E-state index in [1.54, 1.807) is 17.0 Å². The fourth-order valence-electron chi connectivity index (χ4n) is 3.95. The third-order valence-corrected chi connectivity index (χ3v) is 5.68. The van der Waals surface area contributed by atoms with Gasteiger partial charge in [0.25, 0.3) is 0 Å². The second-order valence-electron chi connectivity index (χ2n) is 7.74. The van der Waals surface area contributed by atoms with Crippen LogP contribution in [0.15, 0.2) is 67.1 Å². The Labute approximate surface area is 185 Å². The maximum Gasteiger partial charge on any atom is 0.322 e. The molecule has 0 aliphatic carbocycles. The van der Waals surface area contributed by atoms with Crippen molar-refractivity contribution in [2.45, 2.75) is 13.5 Å². The van der Waals surface area contributed by atoms with Crippen molar-refractivity contribution in [1.82, 2.24) is 14.3 Å². The number of hydrogen-bond donors (Lipinski definition) is 1. The second kappa shape index (κ2) is 8.08. The van der Waals surface area contributed by atoms with Crippen molar-refractivity contribution in [2.24, 2.45) is 0 Å². The molecule has 7 heteroatoms. The summed E-state index contributed by atoms with van der Waals surface area (Å²) in [4.78, 5) is 19.2. The van der Waals surface area contributed by atoms with Crippen LogP contribution in [0.3, 0.4) is 0 Å². The molecule has 2 amide bonds. The number of ether oxygens (including phenoxy) is 1. The molecule has 4 aromatic rings. The summed E-state index contributed by atoms with van der Waals surface area (Å²) in [6, 6.07) is 17.1. The molecular weight excluding hydrogens is 402 g/mol. The monoisotopic (exact) mass is 423 g/mol. The highest BCUT2D eigenvalue weighted by atomic mass is 16.5. The molecule has 0 saturated heterocycles. The van der Waals surface area contributed by atoms with Crippen LogP contribution in [-0.4, -0.2) is 33.5 Å². The molecule has 158 valence electrons. The number of nitriles is 1. The maximum absolute atomic E-state index is 13.1. The number of fused-ring (bicyclic) bond motifs is 2. The van der Waals surface area contributed by atoms with E-state index in [0.717, 1.165) is 27.9 Å². The lowest BCUT2D eigenvalue weighted by Gasteiger charge is -2.21. The lowest BCUT2D eigenvalue weighted by molar-refractivity contribution is 0.200. The Balaban J connectivity index is 1.40. The first-order chi connectivity index (χ1) is 15.6. The number of aromatic nitrogens is 2. The number of aryl methyl sites for hydroxylation is 1. The summed E-state index contributed by atoms with van der Waals surface area (Å²) in [5.41, 5.74) is 5.90. The van der Waals surface area contributed by atoms with Crippen LogP contribution in [0.1, 0.15) is 16.7 Å². The molecule has 1 N–H and O–H groups in total. The smallest absolute Gasteiger partial charge is 0.322 e. The van der Waals surface area contributed by atoms with Crippen molar-refractivity contribution in [3.05, 3.63) is 83.8 Å². The van der Waals surface area contributed by atoms with E-state index in [1.807, 2.05) is 66.3 Å². The Morgan fingerprint density at radius 3 is 3.00 bits per heavy atom. The molecule has 0 spiro atoms. The predicted molar refractivity (Wildman–Crippen MR) is 121 cm³/mol. The highest BCUT2D eigenvalue weighted by Crippen LogP contribution is 2.28. The molecule has 0 atom stereocenters. The SMILES string of the molecule is Cc1ccc(NC(=O)N2CCOc3cccc(C#N)c3C2)cc1-c1cnc2cccn2c1. The second-order valence-corrected chi connectivity index (χ2v) is 7.74. The van der Waals surface area contributed by atoms with E-state index in [2.05, 4.69) is 16.4 Å². The molecule has 0 fully saturated rings. The Bertz CT molecular complexity index is 1370. The van der Waals surface area contributed by atoms with Gasteiger partial charge in [-0.15, -0.1) is 0 Å². The van der Waals surface area contributed by atoms with E-state index in [1.165, 1.54) is 0 Å². The molecule has 0 unspecified atom stereocenters. The number of nitrogens with one attached hydrogen (secondary N) is 1. The molecule has 7 nitrogen and oxygen atoms in total. The van der Waals surface area contributed by atoms with E-state index in [4.69, 9.17) is 4.74 Å². The first-order valence-corrected chi connectivity index (χ1v) is 10.4. The zero-order valence-electron chi connectivity index (χ0n) is 17.6. The van der Waals surface area contributed by atoms with E-state index < -0.39 is 0 Å². The van der Waals surface area contributed by atoms with E-state index >= 15 is 0 Å². The quantitative estimate of drug-likeness (QED) is 0.510. The fraction of sp³-hybridized carbons (Fsp3) is 0.160. The zero-order valence-corrected chi connectivity index (χ0v) is 17.6. The van der Waals surface area contributed by atoms with Crippen LogP contribution >= 0.6 is 0 Å². The van der Waals surface area contributed by atoms with Gasteiger partial charge in [0, 0.05) is 35.4 Å². The van der Waals surface area contributed by atoms with Gasteiger partial charge in [-0.2, -0.15) is 5.26 Å². The summed E-state index contributed by atoms with van der Waals surface area (Å²) in [5, 5.41) is 12.4. The average Bonchev–Trinajstić information content (AvgIpc) is 3.16. The molecule has 1 aliphatic rings. The highest BCUT2D eigenvalue weighted by Gasteiger charge is 2.22. The van der Waals surface area contributed by atoms with Crippen LogP contribution in [0.25, 0.3) is 16.8 Å². The van der Waals surface area contributed by atoms with Gasteiger partial charge in [0.1, 0.15) is 18.0 Å². The standard InChI is InChI=1S/C25H21N5O2/c1-17-7-8-20(12-21(17)19-14-27-24-6-3-9-29(24)15-19)28-25(31)30-10-11-32-23-5-2-4-18(13-26)22(23)16-30/h2-9,12,14-15H,10-11,16H2,1H3,(H,28,31). The predicted octanol–water partition coefficient (Wildman–Crippen LogP) is 4.61. The van der Waals surface area contributed by atoms with Crippen LogP contribution in [0, 0.1) is 18.3 Å².